The Balaban J connectivity index is 2.42. The predicted octanol–water partition coefficient (Wildman–Crippen LogP) is 4.70. The van der Waals surface area contributed by atoms with Crippen molar-refractivity contribution in [2.75, 3.05) is 11.9 Å². The summed E-state index contributed by atoms with van der Waals surface area (Å²) in [4.78, 5) is 0. The molecule has 0 spiro atoms. The smallest absolute Gasteiger partial charge is 0.0855 e. The fraction of sp³-hybridized carbons (Fsp3) is 0.250. The van der Waals surface area contributed by atoms with E-state index in [4.69, 9.17) is 23.2 Å². The van der Waals surface area contributed by atoms with Gasteiger partial charge in [-0.3, -0.25) is 0 Å². The van der Waals surface area contributed by atoms with Crippen LogP contribution in [0.5, 0.6) is 0 Å². The molecular formula is C16H17Cl2NO. The lowest BCUT2D eigenvalue weighted by Crippen LogP contribution is -2.38. The molecule has 0 aliphatic carbocycles. The lowest BCUT2D eigenvalue weighted by Gasteiger charge is -2.34. The van der Waals surface area contributed by atoms with E-state index >= 15 is 0 Å². The van der Waals surface area contributed by atoms with Crippen LogP contribution in [0.2, 0.25) is 10.0 Å². The van der Waals surface area contributed by atoms with Gasteiger partial charge in [-0.2, -0.15) is 0 Å². The first-order valence-corrected chi connectivity index (χ1v) is 7.26. The zero-order chi connectivity index (χ0) is 14.6. The lowest BCUT2D eigenvalue weighted by atomic mass is 9.87. The van der Waals surface area contributed by atoms with E-state index in [0.717, 1.165) is 11.3 Å². The molecule has 2 aromatic carbocycles. The summed E-state index contributed by atoms with van der Waals surface area (Å²) < 4.78 is 0. The van der Waals surface area contributed by atoms with Crippen molar-refractivity contribution in [3.8, 4) is 0 Å². The van der Waals surface area contributed by atoms with Crippen LogP contribution in [0.15, 0.2) is 48.5 Å². The van der Waals surface area contributed by atoms with Gasteiger partial charge >= 0.3 is 0 Å². The van der Waals surface area contributed by atoms with E-state index < -0.39 is 5.54 Å². The summed E-state index contributed by atoms with van der Waals surface area (Å²) in [6.07, 6.45) is 0.703. The SMILES string of the molecule is CCC(CO)(Nc1ccccc1Cl)c1cccc(Cl)c1. The van der Waals surface area contributed by atoms with Crippen molar-refractivity contribution in [2.24, 2.45) is 0 Å². The minimum Gasteiger partial charge on any atom is -0.394 e. The second-order valence-corrected chi connectivity index (χ2v) is 5.55. The summed E-state index contributed by atoms with van der Waals surface area (Å²) in [5, 5.41) is 14.6. The van der Waals surface area contributed by atoms with Crippen LogP contribution in [0.1, 0.15) is 18.9 Å². The molecule has 0 amide bonds. The molecule has 2 rings (SSSR count). The first kappa shape index (κ1) is 15.2. The third-order valence-corrected chi connectivity index (χ3v) is 4.06. The van der Waals surface area contributed by atoms with Gasteiger partial charge in [-0.05, 0) is 36.2 Å². The number of hydrogen-bond acceptors (Lipinski definition) is 2. The maximum absolute atomic E-state index is 9.92. The van der Waals surface area contributed by atoms with E-state index in [-0.39, 0.29) is 6.61 Å². The van der Waals surface area contributed by atoms with Gasteiger partial charge < -0.3 is 10.4 Å². The average Bonchev–Trinajstić information content (AvgIpc) is 2.47. The minimum atomic E-state index is -0.601. The molecule has 0 saturated heterocycles. The van der Waals surface area contributed by atoms with Gasteiger partial charge in [0.05, 0.1) is 22.9 Å². The monoisotopic (exact) mass is 309 g/mol. The highest BCUT2D eigenvalue weighted by Gasteiger charge is 2.30. The highest BCUT2D eigenvalue weighted by Crippen LogP contribution is 2.33. The molecule has 20 heavy (non-hydrogen) atoms. The third-order valence-electron chi connectivity index (χ3n) is 3.50. The fourth-order valence-electron chi connectivity index (χ4n) is 2.21. The molecule has 0 fully saturated rings. The van der Waals surface area contributed by atoms with Crippen molar-refractivity contribution < 1.29 is 5.11 Å². The molecule has 0 saturated carbocycles. The third kappa shape index (κ3) is 3.09. The molecule has 0 heterocycles. The second kappa shape index (κ2) is 6.49. The van der Waals surface area contributed by atoms with Crippen molar-refractivity contribution in [3.05, 3.63) is 64.1 Å². The van der Waals surface area contributed by atoms with Gasteiger partial charge in [-0.25, -0.2) is 0 Å². The van der Waals surface area contributed by atoms with Crippen molar-refractivity contribution in [1.29, 1.82) is 0 Å². The molecule has 106 valence electrons. The van der Waals surface area contributed by atoms with Gasteiger partial charge in [0.15, 0.2) is 0 Å². The van der Waals surface area contributed by atoms with Crippen molar-refractivity contribution >= 4 is 28.9 Å². The Morgan fingerprint density at radius 2 is 1.85 bits per heavy atom. The van der Waals surface area contributed by atoms with Crippen LogP contribution < -0.4 is 5.32 Å². The number of para-hydroxylation sites is 1. The van der Waals surface area contributed by atoms with E-state index in [0.29, 0.717) is 16.5 Å². The first-order chi connectivity index (χ1) is 9.61. The van der Waals surface area contributed by atoms with Gasteiger partial charge in [0, 0.05) is 5.02 Å². The Bertz CT molecular complexity index is 582. The molecule has 1 unspecified atom stereocenters. The maximum atomic E-state index is 9.92. The first-order valence-electron chi connectivity index (χ1n) is 6.51. The summed E-state index contributed by atoms with van der Waals surface area (Å²) in [6.45, 7) is 1.97. The van der Waals surface area contributed by atoms with E-state index in [1.165, 1.54) is 0 Å². The number of aliphatic hydroxyl groups is 1. The van der Waals surface area contributed by atoms with Gasteiger partial charge in [0.25, 0.3) is 0 Å². The summed E-state index contributed by atoms with van der Waals surface area (Å²) in [7, 11) is 0. The summed E-state index contributed by atoms with van der Waals surface area (Å²) in [6, 6.07) is 15.0. The summed E-state index contributed by atoms with van der Waals surface area (Å²) in [5.74, 6) is 0. The van der Waals surface area contributed by atoms with Crippen LogP contribution in [0.25, 0.3) is 0 Å². The quantitative estimate of drug-likeness (QED) is 0.839. The number of aliphatic hydroxyl groups excluding tert-OH is 1. The molecule has 2 nitrogen and oxygen atoms in total. The fourth-order valence-corrected chi connectivity index (χ4v) is 2.59. The standard InChI is InChI=1S/C16H17Cl2NO/c1-2-16(11-20,12-6-5-7-13(17)10-12)19-15-9-4-3-8-14(15)18/h3-10,19-20H,2,11H2,1H3. The number of benzene rings is 2. The number of nitrogens with one attached hydrogen (secondary N) is 1. The van der Waals surface area contributed by atoms with Crippen molar-refractivity contribution in [1.82, 2.24) is 0 Å². The molecule has 0 aliphatic rings. The Morgan fingerprint density at radius 3 is 2.45 bits per heavy atom. The predicted molar refractivity (Wildman–Crippen MR) is 85.6 cm³/mol. The minimum absolute atomic E-state index is 0.0466. The molecule has 0 aromatic heterocycles. The summed E-state index contributed by atoms with van der Waals surface area (Å²) in [5.41, 5.74) is 1.13. The Hall–Kier alpha value is -1.22. The molecule has 4 heteroatoms. The number of rotatable bonds is 5. The van der Waals surface area contributed by atoms with Crippen LogP contribution in [0, 0.1) is 0 Å². The normalized spacial score (nSPS) is 13.8. The van der Waals surface area contributed by atoms with Gasteiger partial charge in [0.2, 0.25) is 0 Å². The van der Waals surface area contributed by atoms with E-state index in [1.54, 1.807) is 0 Å². The van der Waals surface area contributed by atoms with Crippen LogP contribution in [0.4, 0.5) is 5.69 Å². The molecule has 2 aromatic rings. The van der Waals surface area contributed by atoms with Crippen molar-refractivity contribution in [3.63, 3.8) is 0 Å². The lowest BCUT2D eigenvalue weighted by molar-refractivity contribution is 0.207. The topological polar surface area (TPSA) is 32.3 Å². The number of anilines is 1. The number of hydrogen-bond donors (Lipinski definition) is 2. The summed E-state index contributed by atoms with van der Waals surface area (Å²) >= 11 is 12.3. The highest BCUT2D eigenvalue weighted by atomic mass is 35.5. The molecule has 0 bridgehead atoms. The maximum Gasteiger partial charge on any atom is 0.0855 e. The van der Waals surface area contributed by atoms with Crippen molar-refractivity contribution in [2.45, 2.75) is 18.9 Å². The molecule has 0 radical (unpaired) electrons. The van der Waals surface area contributed by atoms with E-state index in [1.807, 2.05) is 55.5 Å². The van der Waals surface area contributed by atoms with Crippen LogP contribution in [-0.2, 0) is 5.54 Å². The highest BCUT2D eigenvalue weighted by molar-refractivity contribution is 6.33. The van der Waals surface area contributed by atoms with E-state index in [9.17, 15) is 5.11 Å². The average molecular weight is 310 g/mol. The van der Waals surface area contributed by atoms with Crippen LogP contribution >= 0.6 is 23.2 Å². The van der Waals surface area contributed by atoms with Gasteiger partial charge in [-0.1, -0.05) is 54.4 Å². The second-order valence-electron chi connectivity index (χ2n) is 4.71. The zero-order valence-corrected chi connectivity index (χ0v) is 12.7. The van der Waals surface area contributed by atoms with Crippen LogP contribution in [0.3, 0.4) is 0 Å². The Labute approximate surface area is 129 Å². The van der Waals surface area contributed by atoms with Gasteiger partial charge in [0.1, 0.15) is 0 Å². The van der Waals surface area contributed by atoms with E-state index in [2.05, 4.69) is 5.32 Å². The molecule has 1 atom stereocenters. The van der Waals surface area contributed by atoms with Gasteiger partial charge in [-0.15, -0.1) is 0 Å². The Morgan fingerprint density at radius 1 is 1.10 bits per heavy atom. The largest absolute Gasteiger partial charge is 0.394 e. The Kier molecular flexibility index (Phi) is 4.92. The molecule has 2 N–H and O–H groups in total. The number of halogens is 2. The van der Waals surface area contributed by atoms with Crippen LogP contribution in [-0.4, -0.2) is 11.7 Å². The molecule has 0 aliphatic heterocycles. The zero-order valence-electron chi connectivity index (χ0n) is 11.2. The molecular weight excluding hydrogens is 293 g/mol.